The maximum Gasteiger partial charge on any atom is 0.209 e. The van der Waals surface area contributed by atoms with E-state index in [1.807, 2.05) is 0 Å². The zero-order chi connectivity index (χ0) is 13.7. The van der Waals surface area contributed by atoms with Gasteiger partial charge in [0.15, 0.2) is 0 Å². The number of sulfonamides is 1. The molecule has 0 heterocycles. The molecule has 0 fully saturated rings. The van der Waals surface area contributed by atoms with Crippen LogP contribution < -0.4 is 5.14 Å². The molecule has 110 valence electrons. The van der Waals surface area contributed by atoms with Crippen LogP contribution in [-0.2, 0) is 19.5 Å². The summed E-state index contributed by atoms with van der Waals surface area (Å²) in [6.45, 7) is 4.96. The lowest BCUT2D eigenvalue weighted by Gasteiger charge is -2.05. The van der Waals surface area contributed by atoms with Gasteiger partial charge in [0.05, 0.1) is 19.0 Å². The van der Waals surface area contributed by atoms with Crippen LogP contribution in [0.3, 0.4) is 0 Å². The maximum atomic E-state index is 10.7. The van der Waals surface area contributed by atoms with Crippen molar-refractivity contribution in [2.75, 3.05) is 32.2 Å². The van der Waals surface area contributed by atoms with Crippen molar-refractivity contribution in [1.29, 1.82) is 0 Å². The molecular weight excluding hydrogens is 254 g/mol. The van der Waals surface area contributed by atoms with Crippen LogP contribution in [-0.4, -0.2) is 40.6 Å². The lowest BCUT2D eigenvalue weighted by atomic mass is 10.2. The summed E-state index contributed by atoms with van der Waals surface area (Å²) < 4.78 is 32.0. The molecule has 0 radical (unpaired) electrons. The molecule has 0 bridgehead atoms. The van der Waals surface area contributed by atoms with Crippen molar-refractivity contribution < 1.29 is 17.9 Å². The molecule has 0 rings (SSSR count). The highest BCUT2D eigenvalue weighted by atomic mass is 32.2. The summed E-state index contributed by atoms with van der Waals surface area (Å²) in [4.78, 5) is 0. The Morgan fingerprint density at radius 3 is 1.94 bits per heavy atom. The van der Waals surface area contributed by atoms with E-state index >= 15 is 0 Å². The molecule has 0 saturated carbocycles. The number of rotatable bonds is 13. The van der Waals surface area contributed by atoms with Crippen molar-refractivity contribution in [3.05, 3.63) is 0 Å². The molecule has 0 amide bonds. The third-order valence-corrected chi connectivity index (χ3v) is 3.34. The molecule has 18 heavy (non-hydrogen) atoms. The molecule has 0 unspecified atom stereocenters. The average Bonchev–Trinajstić information content (AvgIpc) is 2.29. The van der Waals surface area contributed by atoms with Gasteiger partial charge in [-0.3, -0.25) is 0 Å². The minimum atomic E-state index is -3.28. The van der Waals surface area contributed by atoms with Crippen molar-refractivity contribution in [3.8, 4) is 0 Å². The first-order valence-electron chi connectivity index (χ1n) is 6.72. The second kappa shape index (κ2) is 11.9. The van der Waals surface area contributed by atoms with E-state index in [1.165, 1.54) is 0 Å². The predicted octanol–water partition coefficient (Wildman–Crippen LogP) is 1.67. The van der Waals surface area contributed by atoms with Gasteiger partial charge in [0, 0.05) is 13.2 Å². The van der Waals surface area contributed by atoms with Gasteiger partial charge in [-0.2, -0.15) is 0 Å². The molecule has 0 aliphatic carbocycles. The van der Waals surface area contributed by atoms with Gasteiger partial charge in [-0.25, -0.2) is 13.6 Å². The standard InChI is InChI=1S/C12H27NO4S/c1-2-3-8-16-10-11-17-9-6-4-5-7-12-18(13,14)15/h2-12H2,1H3,(H2,13,14,15). The topological polar surface area (TPSA) is 78.6 Å². The quantitative estimate of drug-likeness (QED) is 0.521. The highest BCUT2D eigenvalue weighted by Gasteiger charge is 2.01. The minimum Gasteiger partial charge on any atom is -0.379 e. The predicted molar refractivity (Wildman–Crippen MR) is 73.0 cm³/mol. The number of ether oxygens (including phenoxy) is 2. The molecular formula is C12H27NO4S. The Balaban J connectivity index is 3.03. The average molecular weight is 281 g/mol. The van der Waals surface area contributed by atoms with Gasteiger partial charge in [-0.15, -0.1) is 0 Å². The van der Waals surface area contributed by atoms with Crippen LogP contribution >= 0.6 is 0 Å². The van der Waals surface area contributed by atoms with E-state index in [2.05, 4.69) is 6.92 Å². The Bertz CT molecular complexity index is 267. The van der Waals surface area contributed by atoms with Gasteiger partial charge in [0.1, 0.15) is 0 Å². The van der Waals surface area contributed by atoms with E-state index < -0.39 is 10.0 Å². The largest absolute Gasteiger partial charge is 0.379 e. The maximum absolute atomic E-state index is 10.7. The minimum absolute atomic E-state index is 0.0825. The molecule has 0 aromatic rings. The highest BCUT2D eigenvalue weighted by molar-refractivity contribution is 7.89. The van der Waals surface area contributed by atoms with Crippen molar-refractivity contribution in [3.63, 3.8) is 0 Å². The summed E-state index contributed by atoms with van der Waals surface area (Å²) in [6, 6.07) is 0. The van der Waals surface area contributed by atoms with E-state index in [0.29, 0.717) is 26.2 Å². The number of primary sulfonamides is 1. The SMILES string of the molecule is CCCCOCCOCCCCCCS(N)(=O)=O. The first-order chi connectivity index (χ1) is 8.56. The molecule has 6 heteroatoms. The van der Waals surface area contributed by atoms with E-state index in [4.69, 9.17) is 14.6 Å². The Kier molecular flexibility index (Phi) is 11.8. The number of nitrogens with two attached hydrogens (primary N) is 1. The summed E-state index contributed by atoms with van der Waals surface area (Å²) in [7, 11) is -3.28. The normalized spacial score (nSPS) is 11.9. The number of hydrogen-bond donors (Lipinski definition) is 1. The molecule has 0 aliphatic rings. The number of unbranched alkanes of at least 4 members (excludes halogenated alkanes) is 4. The van der Waals surface area contributed by atoms with Crippen molar-refractivity contribution in [2.24, 2.45) is 5.14 Å². The third kappa shape index (κ3) is 15.8. The fourth-order valence-electron chi connectivity index (χ4n) is 1.43. The van der Waals surface area contributed by atoms with Crippen LogP contribution in [0.1, 0.15) is 45.4 Å². The molecule has 0 aromatic heterocycles. The lowest BCUT2D eigenvalue weighted by Crippen LogP contribution is -2.16. The Morgan fingerprint density at radius 2 is 1.39 bits per heavy atom. The monoisotopic (exact) mass is 281 g/mol. The zero-order valence-electron chi connectivity index (χ0n) is 11.4. The van der Waals surface area contributed by atoms with Crippen LogP contribution in [0.2, 0.25) is 0 Å². The van der Waals surface area contributed by atoms with E-state index in [1.54, 1.807) is 0 Å². The highest BCUT2D eigenvalue weighted by Crippen LogP contribution is 2.01. The second-order valence-corrected chi connectivity index (χ2v) is 6.09. The van der Waals surface area contributed by atoms with Crippen molar-refractivity contribution in [1.82, 2.24) is 0 Å². The molecule has 0 spiro atoms. The van der Waals surface area contributed by atoms with Crippen LogP contribution in [0.25, 0.3) is 0 Å². The van der Waals surface area contributed by atoms with Crippen LogP contribution in [0.4, 0.5) is 0 Å². The summed E-state index contributed by atoms with van der Waals surface area (Å²) in [5.41, 5.74) is 0. The molecule has 0 aromatic carbocycles. The van der Waals surface area contributed by atoms with Crippen LogP contribution in [0.5, 0.6) is 0 Å². The van der Waals surface area contributed by atoms with E-state index in [-0.39, 0.29) is 5.75 Å². The molecule has 0 atom stereocenters. The van der Waals surface area contributed by atoms with Crippen LogP contribution in [0, 0.1) is 0 Å². The van der Waals surface area contributed by atoms with Crippen LogP contribution in [0.15, 0.2) is 0 Å². The zero-order valence-corrected chi connectivity index (χ0v) is 12.2. The number of hydrogen-bond acceptors (Lipinski definition) is 4. The lowest BCUT2D eigenvalue weighted by molar-refractivity contribution is 0.0453. The molecule has 0 aliphatic heterocycles. The Labute approximate surface area is 111 Å². The summed E-state index contributed by atoms with van der Waals surface area (Å²) in [5, 5.41) is 4.90. The smallest absolute Gasteiger partial charge is 0.209 e. The van der Waals surface area contributed by atoms with E-state index in [0.717, 1.165) is 38.7 Å². The fourth-order valence-corrected chi connectivity index (χ4v) is 2.04. The second-order valence-electron chi connectivity index (χ2n) is 4.36. The fraction of sp³-hybridized carbons (Fsp3) is 1.00. The summed E-state index contributed by atoms with van der Waals surface area (Å²) in [6.07, 6.45) is 5.71. The molecule has 5 nitrogen and oxygen atoms in total. The van der Waals surface area contributed by atoms with E-state index in [9.17, 15) is 8.42 Å². The van der Waals surface area contributed by atoms with Gasteiger partial charge in [-0.05, 0) is 19.3 Å². The third-order valence-electron chi connectivity index (χ3n) is 2.48. The van der Waals surface area contributed by atoms with Crippen molar-refractivity contribution in [2.45, 2.75) is 45.4 Å². The Morgan fingerprint density at radius 1 is 0.833 bits per heavy atom. The van der Waals surface area contributed by atoms with Gasteiger partial charge >= 0.3 is 0 Å². The summed E-state index contributed by atoms with van der Waals surface area (Å²) in [5.74, 6) is 0.0825. The van der Waals surface area contributed by atoms with Gasteiger partial charge in [0.2, 0.25) is 10.0 Å². The Hall–Kier alpha value is -0.170. The first kappa shape index (κ1) is 17.8. The first-order valence-corrected chi connectivity index (χ1v) is 8.43. The van der Waals surface area contributed by atoms with Gasteiger partial charge < -0.3 is 9.47 Å². The summed E-state index contributed by atoms with van der Waals surface area (Å²) >= 11 is 0. The van der Waals surface area contributed by atoms with Gasteiger partial charge in [-0.1, -0.05) is 26.2 Å². The van der Waals surface area contributed by atoms with Gasteiger partial charge in [0.25, 0.3) is 0 Å². The molecule has 0 saturated heterocycles. The van der Waals surface area contributed by atoms with Crippen molar-refractivity contribution >= 4 is 10.0 Å². The molecule has 2 N–H and O–H groups in total.